The summed E-state index contributed by atoms with van der Waals surface area (Å²) < 4.78 is 40.0. The van der Waals surface area contributed by atoms with Gasteiger partial charge >= 0.3 is 6.03 Å². The van der Waals surface area contributed by atoms with Gasteiger partial charge in [-0.3, -0.25) is 4.79 Å². The lowest BCUT2D eigenvalue weighted by atomic mass is 10.1. The van der Waals surface area contributed by atoms with Crippen LogP contribution in [-0.4, -0.2) is 62.3 Å². The smallest absolute Gasteiger partial charge is 0.315 e. The number of urea groups is 1. The third-order valence-corrected chi connectivity index (χ3v) is 7.28. The van der Waals surface area contributed by atoms with E-state index >= 15 is 0 Å². The molecular weight excluding hydrogens is 459 g/mol. The van der Waals surface area contributed by atoms with Crippen molar-refractivity contribution in [1.82, 2.24) is 19.8 Å². The lowest BCUT2D eigenvalue weighted by Gasteiger charge is -2.34. The van der Waals surface area contributed by atoms with Gasteiger partial charge in [-0.2, -0.15) is 4.31 Å². The van der Waals surface area contributed by atoms with E-state index in [1.807, 2.05) is 31.2 Å². The molecule has 3 rings (SSSR count). The number of hydrogen-bond donors (Lipinski definition) is 2. The second kappa shape index (κ2) is 10.3. The Kier molecular flexibility index (Phi) is 7.70. The maximum atomic E-state index is 13.3. The number of halogens is 2. The van der Waals surface area contributed by atoms with Gasteiger partial charge in [-0.15, -0.1) is 0 Å². The van der Waals surface area contributed by atoms with E-state index in [2.05, 4.69) is 10.6 Å². The average molecular weight is 483 g/mol. The van der Waals surface area contributed by atoms with Crippen LogP contribution in [-0.2, 0) is 21.4 Å². The number of nitrogens with one attached hydrogen (secondary N) is 2. The van der Waals surface area contributed by atoms with Gasteiger partial charge in [-0.05, 0) is 30.7 Å². The van der Waals surface area contributed by atoms with Crippen LogP contribution in [0, 0.1) is 12.7 Å². The van der Waals surface area contributed by atoms with Gasteiger partial charge in [0, 0.05) is 32.7 Å². The largest absolute Gasteiger partial charge is 0.339 e. The van der Waals surface area contributed by atoms with Gasteiger partial charge in [0.05, 0.1) is 16.5 Å². The Morgan fingerprint density at radius 3 is 2.31 bits per heavy atom. The minimum absolute atomic E-state index is 0.0860. The summed E-state index contributed by atoms with van der Waals surface area (Å²) >= 11 is 5.70. The summed E-state index contributed by atoms with van der Waals surface area (Å²) in [7, 11) is -3.85. The Morgan fingerprint density at radius 2 is 1.69 bits per heavy atom. The number of hydrogen-bond acceptors (Lipinski definition) is 4. The topological polar surface area (TPSA) is 98.8 Å². The third kappa shape index (κ3) is 5.96. The number of aryl methyl sites for hydroxylation is 1. The molecule has 0 aromatic heterocycles. The fraction of sp³-hybridized carbons (Fsp3) is 0.333. The van der Waals surface area contributed by atoms with Crippen LogP contribution in [0.2, 0.25) is 5.02 Å². The first-order valence-electron chi connectivity index (χ1n) is 9.97. The van der Waals surface area contributed by atoms with E-state index in [-0.39, 0.29) is 48.5 Å². The fourth-order valence-corrected chi connectivity index (χ4v) is 4.88. The summed E-state index contributed by atoms with van der Waals surface area (Å²) in [5, 5.41) is 4.93. The zero-order valence-electron chi connectivity index (χ0n) is 17.5. The molecule has 172 valence electrons. The molecule has 2 N–H and O–H groups in total. The molecule has 1 aliphatic rings. The van der Waals surface area contributed by atoms with Gasteiger partial charge in [-0.25, -0.2) is 17.6 Å². The van der Waals surface area contributed by atoms with Gasteiger partial charge in [-0.1, -0.05) is 41.4 Å². The molecule has 0 bridgehead atoms. The van der Waals surface area contributed by atoms with Gasteiger partial charge in [0.1, 0.15) is 5.82 Å². The predicted octanol–water partition coefficient (Wildman–Crippen LogP) is 2.12. The number of carbonyl (C=O) groups excluding carboxylic acids is 2. The standard InChI is InChI=1S/C21H24ClFN4O4S/c1-15-2-4-16(5-3-15)13-24-21(29)25-14-20(28)26-8-10-27(11-9-26)32(30,31)17-6-7-19(23)18(22)12-17/h2-7,12H,8-11,13-14H2,1H3,(H2,24,25,29). The van der Waals surface area contributed by atoms with Crippen LogP contribution in [0.25, 0.3) is 0 Å². The zero-order valence-corrected chi connectivity index (χ0v) is 19.0. The van der Waals surface area contributed by atoms with Crippen LogP contribution in [0.4, 0.5) is 9.18 Å². The first-order valence-corrected chi connectivity index (χ1v) is 11.8. The quantitative estimate of drug-likeness (QED) is 0.658. The van der Waals surface area contributed by atoms with Gasteiger partial charge < -0.3 is 15.5 Å². The summed E-state index contributed by atoms with van der Waals surface area (Å²) in [6.45, 7) is 2.65. The molecule has 32 heavy (non-hydrogen) atoms. The van der Waals surface area contributed by atoms with E-state index in [9.17, 15) is 22.4 Å². The number of piperazine rings is 1. The summed E-state index contributed by atoms with van der Waals surface area (Å²) in [5.41, 5.74) is 2.06. The van der Waals surface area contributed by atoms with Crippen LogP contribution in [0.5, 0.6) is 0 Å². The normalized spacial score (nSPS) is 14.8. The summed E-state index contributed by atoms with van der Waals surface area (Å²) in [5.74, 6) is -1.01. The van der Waals surface area contributed by atoms with Crippen molar-refractivity contribution in [1.29, 1.82) is 0 Å². The number of carbonyl (C=O) groups is 2. The van der Waals surface area contributed by atoms with Crippen LogP contribution in [0.1, 0.15) is 11.1 Å². The molecule has 0 aliphatic carbocycles. The van der Waals surface area contributed by atoms with E-state index in [1.165, 1.54) is 9.21 Å². The Bertz CT molecular complexity index is 1090. The lowest BCUT2D eigenvalue weighted by molar-refractivity contribution is -0.131. The van der Waals surface area contributed by atoms with Crippen molar-refractivity contribution in [2.24, 2.45) is 0 Å². The monoisotopic (exact) mass is 482 g/mol. The second-order valence-corrected chi connectivity index (χ2v) is 9.73. The van der Waals surface area contributed by atoms with E-state index in [1.54, 1.807) is 0 Å². The Hall–Kier alpha value is -2.69. The van der Waals surface area contributed by atoms with Crippen molar-refractivity contribution in [2.45, 2.75) is 18.4 Å². The molecule has 0 saturated carbocycles. The number of sulfonamides is 1. The predicted molar refractivity (Wildman–Crippen MR) is 118 cm³/mol. The number of benzene rings is 2. The van der Waals surface area contributed by atoms with Crippen LogP contribution < -0.4 is 10.6 Å². The number of rotatable bonds is 6. The first kappa shape index (κ1) is 24.0. The van der Waals surface area contributed by atoms with E-state index in [0.29, 0.717) is 6.54 Å². The molecule has 2 aromatic carbocycles. The molecule has 1 aliphatic heterocycles. The average Bonchev–Trinajstić information content (AvgIpc) is 2.79. The first-order chi connectivity index (χ1) is 15.2. The molecule has 0 radical (unpaired) electrons. The molecule has 11 heteroatoms. The maximum absolute atomic E-state index is 13.3. The molecule has 0 spiro atoms. The molecule has 2 aromatic rings. The van der Waals surface area contributed by atoms with Gasteiger partial charge in [0.15, 0.2) is 0 Å². The van der Waals surface area contributed by atoms with E-state index in [0.717, 1.165) is 29.3 Å². The van der Waals surface area contributed by atoms with Crippen molar-refractivity contribution in [3.8, 4) is 0 Å². The number of amides is 3. The third-order valence-electron chi connectivity index (χ3n) is 5.09. The summed E-state index contributed by atoms with van der Waals surface area (Å²) in [6.07, 6.45) is 0. The Balaban J connectivity index is 1.45. The van der Waals surface area contributed by atoms with Gasteiger partial charge in [0.2, 0.25) is 15.9 Å². The Morgan fingerprint density at radius 1 is 1.03 bits per heavy atom. The van der Waals surface area contributed by atoms with E-state index in [4.69, 9.17) is 11.6 Å². The van der Waals surface area contributed by atoms with Gasteiger partial charge in [0.25, 0.3) is 0 Å². The van der Waals surface area contributed by atoms with Crippen LogP contribution in [0.3, 0.4) is 0 Å². The highest BCUT2D eigenvalue weighted by molar-refractivity contribution is 7.89. The lowest BCUT2D eigenvalue weighted by Crippen LogP contribution is -2.53. The highest BCUT2D eigenvalue weighted by atomic mass is 35.5. The Labute approximate surface area is 191 Å². The minimum atomic E-state index is -3.85. The van der Waals surface area contributed by atoms with Crippen molar-refractivity contribution >= 4 is 33.6 Å². The number of nitrogens with zero attached hydrogens (tertiary/aromatic N) is 2. The minimum Gasteiger partial charge on any atom is -0.339 e. The molecule has 1 saturated heterocycles. The highest BCUT2D eigenvalue weighted by Gasteiger charge is 2.30. The van der Waals surface area contributed by atoms with Crippen LogP contribution in [0.15, 0.2) is 47.4 Å². The second-order valence-electron chi connectivity index (χ2n) is 7.38. The van der Waals surface area contributed by atoms with Crippen molar-refractivity contribution in [3.63, 3.8) is 0 Å². The summed E-state index contributed by atoms with van der Waals surface area (Å²) in [6, 6.07) is 10.5. The fourth-order valence-electron chi connectivity index (χ4n) is 3.18. The van der Waals surface area contributed by atoms with Crippen molar-refractivity contribution < 1.29 is 22.4 Å². The molecule has 1 fully saturated rings. The summed E-state index contributed by atoms with van der Waals surface area (Å²) in [4.78, 5) is 25.7. The molecule has 1 heterocycles. The molecule has 3 amide bonds. The molecule has 8 nitrogen and oxygen atoms in total. The SMILES string of the molecule is Cc1ccc(CNC(=O)NCC(=O)N2CCN(S(=O)(=O)c3ccc(F)c(Cl)c3)CC2)cc1. The molecule has 0 unspecified atom stereocenters. The maximum Gasteiger partial charge on any atom is 0.315 e. The highest BCUT2D eigenvalue weighted by Crippen LogP contribution is 2.23. The van der Waals surface area contributed by atoms with Crippen LogP contribution >= 0.6 is 11.6 Å². The molecular formula is C21H24ClFN4O4S. The zero-order chi connectivity index (χ0) is 23.3. The van der Waals surface area contributed by atoms with Crippen molar-refractivity contribution in [3.05, 3.63) is 64.4 Å². The van der Waals surface area contributed by atoms with Crippen molar-refractivity contribution in [2.75, 3.05) is 32.7 Å². The van der Waals surface area contributed by atoms with E-state index < -0.39 is 21.9 Å². The molecule has 0 atom stereocenters.